The minimum atomic E-state index is -0.0959. The normalized spacial score (nSPS) is 13.8. The number of anilines is 1. The summed E-state index contributed by atoms with van der Waals surface area (Å²) in [6, 6.07) is 11.1. The Labute approximate surface area is 123 Å². The van der Waals surface area contributed by atoms with E-state index >= 15 is 0 Å². The maximum absolute atomic E-state index is 12.6. The number of carbonyl (C=O) groups excluding carboxylic acids is 1. The number of rotatable bonds is 2. The standard InChI is InChI=1S/C17H16ClNO/c18-14-6-3-7-15(19)16(14)17(20)13-9-8-11-4-1-2-5-12(11)10-13/h3,6-10H,1-2,4-5,19H2. The van der Waals surface area contributed by atoms with E-state index < -0.39 is 0 Å². The molecule has 0 saturated heterocycles. The van der Waals surface area contributed by atoms with Crippen LogP contribution in [-0.4, -0.2) is 5.78 Å². The fourth-order valence-electron chi connectivity index (χ4n) is 2.80. The van der Waals surface area contributed by atoms with Crippen molar-refractivity contribution in [2.75, 3.05) is 5.73 Å². The highest BCUT2D eigenvalue weighted by atomic mass is 35.5. The summed E-state index contributed by atoms with van der Waals surface area (Å²) in [5.41, 5.74) is 10.0. The van der Waals surface area contributed by atoms with Crippen LogP contribution in [0.25, 0.3) is 0 Å². The second kappa shape index (κ2) is 5.29. The van der Waals surface area contributed by atoms with Crippen molar-refractivity contribution >= 4 is 23.1 Å². The summed E-state index contributed by atoms with van der Waals surface area (Å²) >= 11 is 6.12. The van der Waals surface area contributed by atoms with Crippen LogP contribution in [0.2, 0.25) is 5.02 Å². The molecule has 0 aliphatic heterocycles. The number of nitrogens with two attached hydrogens (primary N) is 1. The van der Waals surface area contributed by atoms with E-state index in [1.165, 1.54) is 24.0 Å². The van der Waals surface area contributed by atoms with Crippen molar-refractivity contribution in [2.24, 2.45) is 0 Å². The van der Waals surface area contributed by atoms with E-state index in [0.717, 1.165) is 12.8 Å². The number of fused-ring (bicyclic) bond motifs is 1. The van der Waals surface area contributed by atoms with Gasteiger partial charge in [-0.05, 0) is 55.0 Å². The Morgan fingerprint density at radius 1 is 1.05 bits per heavy atom. The molecule has 0 bridgehead atoms. The van der Waals surface area contributed by atoms with Crippen molar-refractivity contribution < 1.29 is 4.79 Å². The van der Waals surface area contributed by atoms with E-state index in [4.69, 9.17) is 17.3 Å². The van der Waals surface area contributed by atoms with Gasteiger partial charge in [0, 0.05) is 11.3 Å². The largest absolute Gasteiger partial charge is 0.398 e. The van der Waals surface area contributed by atoms with Crippen LogP contribution in [0.4, 0.5) is 5.69 Å². The van der Waals surface area contributed by atoms with Gasteiger partial charge < -0.3 is 5.73 Å². The molecule has 2 aromatic rings. The zero-order chi connectivity index (χ0) is 14.1. The lowest BCUT2D eigenvalue weighted by Gasteiger charge is -2.16. The lowest BCUT2D eigenvalue weighted by molar-refractivity contribution is 0.103. The molecule has 0 heterocycles. The van der Waals surface area contributed by atoms with E-state index in [1.54, 1.807) is 18.2 Å². The molecule has 2 nitrogen and oxygen atoms in total. The molecule has 0 fully saturated rings. The molecule has 0 spiro atoms. The predicted octanol–water partition coefficient (Wildman–Crippen LogP) is 4.03. The van der Waals surface area contributed by atoms with Gasteiger partial charge in [0.1, 0.15) is 0 Å². The first-order valence-electron chi connectivity index (χ1n) is 6.87. The SMILES string of the molecule is Nc1cccc(Cl)c1C(=O)c1ccc2c(c1)CCCC2. The third-order valence-electron chi connectivity index (χ3n) is 3.88. The van der Waals surface area contributed by atoms with Gasteiger partial charge in [-0.3, -0.25) is 4.79 Å². The van der Waals surface area contributed by atoms with Crippen LogP contribution in [-0.2, 0) is 12.8 Å². The Morgan fingerprint density at radius 2 is 1.80 bits per heavy atom. The molecule has 3 heteroatoms. The van der Waals surface area contributed by atoms with E-state index in [1.807, 2.05) is 12.1 Å². The zero-order valence-corrected chi connectivity index (χ0v) is 11.9. The first-order valence-corrected chi connectivity index (χ1v) is 7.25. The number of hydrogen-bond acceptors (Lipinski definition) is 2. The molecule has 2 N–H and O–H groups in total. The highest BCUT2D eigenvalue weighted by molar-refractivity contribution is 6.35. The number of benzene rings is 2. The Hall–Kier alpha value is -1.80. The number of hydrogen-bond donors (Lipinski definition) is 1. The van der Waals surface area contributed by atoms with Gasteiger partial charge in [0.25, 0.3) is 0 Å². The van der Waals surface area contributed by atoms with Gasteiger partial charge in [-0.15, -0.1) is 0 Å². The molecule has 1 aliphatic carbocycles. The van der Waals surface area contributed by atoms with E-state index in [9.17, 15) is 4.79 Å². The van der Waals surface area contributed by atoms with Crippen molar-refractivity contribution in [2.45, 2.75) is 25.7 Å². The molecule has 0 unspecified atom stereocenters. The smallest absolute Gasteiger partial charge is 0.196 e. The zero-order valence-electron chi connectivity index (χ0n) is 11.2. The molecule has 0 amide bonds. The summed E-state index contributed by atoms with van der Waals surface area (Å²) in [7, 11) is 0. The minimum absolute atomic E-state index is 0.0959. The van der Waals surface area contributed by atoms with Crippen LogP contribution in [0.1, 0.15) is 39.9 Å². The summed E-state index contributed by atoms with van der Waals surface area (Å²) in [5.74, 6) is -0.0959. The summed E-state index contributed by atoms with van der Waals surface area (Å²) in [6.45, 7) is 0. The van der Waals surface area contributed by atoms with Gasteiger partial charge in [0.05, 0.1) is 10.6 Å². The molecular formula is C17H16ClNO. The average molecular weight is 286 g/mol. The highest BCUT2D eigenvalue weighted by Gasteiger charge is 2.18. The fourth-order valence-corrected chi connectivity index (χ4v) is 3.07. The van der Waals surface area contributed by atoms with Crippen molar-refractivity contribution in [3.8, 4) is 0 Å². The van der Waals surface area contributed by atoms with E-state index in [2.05, 4.69) is 6.07 Å². The summed E-state index contributed by atoms with van der Waals surface area (Å²) < 4.78 is 0. The molecule has 0 aromatic heterocycles. The number of ketones is 1. The molecule has 0 saturated carbocycles. The van der Waals surface area contributed by atoms with Crippen LogP contribution in [0.5, 0.6) is 0 Å². The van der Waals surface area contributed by atoms with Crippen LogP contribution in [0.15, 0.2) is 36.4 Å². The Kier molecular flexibility index (Phi) is 3.49. The van der Waals surface area contributed by atoms with Gasteiger partial charge >= 0.3 is 0 Å². The van der Waals surface area contributed by atoms with Crippen LogP contribution in [0, 0.1) is 0 Å². The predicted molar refractivity (Wildman–Crippen MR) is 82.4 cm³/mol. The third kappa shape index (κ3) is 2.32. The molecule has 0 radical (unpaired) electrons. The van der Waals surface area contributed by atoms with Crippen LogP contribution in [0.3, 0.4) is 0 Å². The van der Waals surface area contributed by atoms with Crippen LogP contribution < -0.4 is 5.73 Å². The highest BCUT2D eigenvalue weighted by Crippen LogP contribution is 2.27. The number of nitrogen functional groups attached to an aromatic ring is 1. The van der Waals surface area contributed by atoms with Gasteiger partial charge in [-0.2, -0.15) is 0 Å². The molecule has 2 aromatic carbocycles. The summed E-state index contributed by atoms with van der Waals surface area (Å²) in [5, 5.41) is 0.410. The number of halogens is 1. The summed E-state index contributed by atoms with van der Waals surface area (Å²) in [6.07, 6.45) is 4.59. The molecular weight excluding hydrogens is 270 g/mol. The summed E-state index contributed by atoms with van der Waals surface area (Å²) in [4.78, 5) is 12.6. The maximum atomic E-state index is 12.6. The molecule has 102 valence electrons. The molecule has 3 rings (SSSR count). The topological polar surface area (TPSA) is 43.1 Å². The molecule has 20 heavy (non-hydrogen) atoms. The number of aryl methyl sites for hydroxylation is 2. The van der Waals surface area contributed by atoms with Crippen molar-refractivity contribution in [1.82, 2.24) is 0 Å². The monoisotopic (exact) mass is 285 g/mol. The first kappa shape index (κ1) is 13.2. The minimum Gasteiger partial charge on any atom is -0.398 e. The van der Waals surface area contributed by atoms with Gasteiger partial charge in [-0.25, -0.2) is 0 Å². The second-order valence-corrected chi connectivity index (χ2v) is 5.63. The van der Waals surface area contributed by atoms with Crippen molar-refractivity contribution in [1.29, 1.82) is 0 Å². The lowest BCUT2D eigenvalue weighted by atomic mass is 9.89. The van der Waals surface area contributed by atoms with E-state index in [-0.39, 0.29) is 5.78 Å². The lowest BCUT2D eigenvalue weighted by Crippen LogP contribution is -2.09. The molecule has 1 aliphatic rings. The van der Waals surface area contributed by atoms with Crippen LogP contribution >= 0.6 is 11.6 Å². The van der Waals surface area contributed by atoms with Gasteiger partial charge in [-0.1, -0.05) is 29.8 Å². The molecule has 0 atom stereocenters. The van der Waals surface area contributed by atoms with Crippen molar-refractivity contribution in [3.63, 3.8) is 0 Å². The van der Waals surface area contributed by atoms with E-state index in [0.29, 0.717) is 21.8 Å². The maximum Gasteiger partial charge on any atom is 0.196 e. The van der Waals surface area contributed by atoms with Gasteiger partial charge in [0.2, 0.25) is 0 Å². The van der Waals surface area contributed by atoms with Crippen molar-refractivity contribution in [3.05, 3.63) is 63.7 Å². The third-order valence-corrected chi connectivity index (χ3v) is 4.20. The number of carbonyl (C=O) groups is 1. The first-order chi connectivity index (χ1) is 9.66. The average Bonchev–Trinajstić information content (AvgIpc) is 2.46. The van der Waals surface area contributed by atoms with Gasteiger partial charge in [0.15, 0.2) is 5.78 Å². The second-order valence-electron chi connectivity index (χ2n) is 5.22. The Bertz CT molecular complexity index is 658. The Morgan fingerprint density at radius 3 is 2.55 bits per heavy atom. The fraction of sp³-hybridized carbons (Fsp3) is 0.235. The Balaban J connectivity index is 2.03. The quantitative estimate of drug-likeness (QED) is 0.669.